The van der Waals surface area contributed by atoms with Crippen molar-refractivity contribution in [3.05, 3.63) is 69.8 Å². The van der Waals surface area contributed by atoms with Crippen LogP contribution in [0.2, 0.25) is 0 Å². The molecule has 1 atom stereocenters. The number of hydrogen-bond acceptors (Lipinski definition) is 8. The number of benzene rings is 1. The number of likely N-dealkylation sites (tertiary alicyclic amines) is 1. The number of thiazole rings is 1. The number of aromatic nitrogens is 2. The predicted octanol–water partition coefficient (Wildman–Crippen LogP) is 4.87. The van der Waals surface area contributed by atoms with Crippen LogP contribution in [0, 0.1) is 11.6 Å². The molecule has 4 heterocycles. The Morgan fingerprint density at radius 2 is 1.95 bits per heavy atom. The summed E-state index contributed by atoms with van der Waals surface area (Å²) < 4.78 is 39.4. The summed E-state index contributed by atoms with van der Waals surface area (Å²) in [6.07, 6.45) is 2.58. The van der Waals surface area contributed by atoms with E-state index in [4.69, 9.17) is 19.3 Å². The number of hydrogen-bond donors (Lipinski definition) is 0. The van der Waals surface area contributed by atoms with Crippen LogP contribution in [0.4, 0.5) is 8.78 Å². The van der Waals surface area contributed by atoms with Gasteiger partial charge in [-0.3, -0.25) is 4.79 Å². The highest BCUT2D eigenvalue weighted by Crippen LogP contribution is 2.35. The minimum absolute atomic E-state index is 0.102. The second kappa shape index (κ2) is 11.2. The van der Waals surface area contributed by atoms with Crippen LogP contribution in [-0.4, -0.2) is 52.8 Å². The molecular weight excluding hydrogens is 502 g/mol. The number of halogens is 2. The molecule has 0 saturated carbocycles. The standard InChI is InChI=1S/C26H26F2N4O4S/c1-2-34-21-7-4-10-29-25(21)35-14-23(33)32-11-8-16(9-12-32)26-30-20(15-37-26)19-13-22(36-31-19)24-17(27)5-3-6-18(24)28/h3-7,10,15-16,22H,2,8-9,11-14H2,1H3. The van der Waals surface area contributed by atoms with Crippen molar-refractivity contribution in [2.45, 2.75) is 38.2 Å². The largest absolute Gasteiger partial charge is 0.488 e. The van der Waals surface area contributed by atoms with Crippen LogP contribution in [0.25, 0.3) is 0 Å². The van der Waals surface area contributed by atoms with Crippen LogP contribution in [0.1, 0.15) is 54.5 Å². The Morgan fingerprint density at radius 3 is 2.70 bits per heavy atom. The van der Waals surface area contributed by atoms with Gasteiger partial charge < -0.3 is 19.2 Å². The highest BCUT2D eigenvalue weighted by molar-refractivity contribution is 7.10. The van der Waals surface area contributed by atoms with E-state index in [-0.39, 0.29) is 30.4 Å². The predicted molar refractivity (Wildman–Crippen MR) is 133 cm³/mol. The van der Waals surface area contributed by atoms with E-state index in [1.165, 1.54) is 29.5 Å². The zero-order valence-corrected chi connectivity index (χ0v) is 21.0. The van der Waals surface area contributed by atoms with Crippen molar-refractivity contribution >= 4 is 23.0 Å². The number of ether oxygens (including phenoxy) is 2. The van der Waals surface area contributed by atoms with Gasteiger partial charge in [-0.15, -0.1) is 11.3 Å². The maximum absolute atomic E-state index is 14.1. The van der Waals surface area contributed by atoms with Crippen LogP contribution >= 0.6 is 11.3 Å². The third-order valence-electron chi connectivity index (χ3n) is 6.37. The second-order valence-electron chi connectivity index (χ2n) is 8.73. The molecule has 1 aromatic carbocycles. The first-order valence-corrected chi connectivity index (χ1v) is 13.0. The number of carbonyl (C=O) groups excluding carboxylic acids is 1. The zero-order chi connectivity index (χ0) is 25.8. The molecule has 0 spiro atoms. The Hall–Kier alpha value is -3.60. The average Bonchev–Trinajstić information content (AvgIpc) is 3.59. The molecule has 5 rings (SSSR count). The second-order valence-corrected chi connectivity index (χ2v) is 9.62. The SMILES string of the molecule is CCOc1cccnc1OCC(=O)N1CCC(c2nc(C3=NOC(c4c(F)cccc4F)C3)cs2)CC1. The molecule has 2 aromatic heterocycles. The Bertz CT molecular complexity index is 1270. The van der Waals surface area contributed by atoms with Crippen molar-refractivity contribution in [3.8, 4) is 11.6 Å². The Morgan fingerprint density at radius 1 is 1.16 bits per heavy atom. The summed E-state index contributed by atoms with van der Waals surface area (Å²) in [4.78, 5) is 28.7. The maximum atomic E-state index is 14.1. The van der Waals surface area contributed by atoms with Crippen molar-refractivity contribution < 1.29 is 27.9 Å². The molecule has 0 N–H and O–H groups in total. The van der Waals surface area contributed by atoms with Gasteiger partial charge in [0.2, 0.25) is 0 Å². The van der Waals surface area contributed by atoms with Crippen molar-refractivity contribution in [2.24, 2.45) is 5.16 Å². The van der Waals surface area contributed by atoms with Gasteiger partial charge in [0.1, 0.15) is 17.3 Å². The summed E-state index contributed by atoms with van der Waals surface area (Å²) in [6.45, 7) is 3.44. The van der Waals surface area contributed by atoms with Gasteiger partial charge in [0.25, 0.3) is 11.8 Å². The number of carbonyl (C=O) groups is 1. The van der Waals surface area contributed by atoms with E-state index in [1.807, 2.05) is 12.3 Å². The van der Waals surface area contributed by atoms with E-state index in [9.17, 15) is 13.6 Å². The van der Waals surface area contributed by atoms with Crippen LogP contribution in [0.5, 0.6) is 11.6 Å². The molecule has 37 heavy (non-hydrogen) atoms. The third kappa shape index (κ3) is 5.56. The fourth-order valence-electron chi connectivity index (χ4n) is 4.46. The number of nitrogens with zero attached hydrogens (tertiary/aromatic N) is 4. The molecule has 1 saturated heterocycles. The van der Waals surface area contributed by atoms with Gasteiger partial charge in [0.15, 0.2) is 18.5 Å². The molecule has 2 aliphatic heterocycles. The lowest BCUT2D eigenvalue weighted by Crippen LogP contribution is -2.40. The van der Waals surface area contributed by atoms with Crippen molar-refractivity contribution in [3.63, 3.8) is 0 Å². The van der Waals surface area contributed by atoms with E-state index in [0.29, 0.717) is 42.7 Å². The Labute approximate surface area is 216 Å². The van der Waals surface area contributed by atoms with E-state index < -0.39 is 17.7 Å². The number of rotatable bonds is 8. The van der Waals surface area contributed by atoms with E-state index in [1.54, 1.807) is 23.2 Å². The molecule has 1 unspecified atom stereocenters. The number of piperidine rings is 1. The zero-order valence-electron chi connectivity index (χ0n) is 20.2. The molecule has 11 heteroatoms. The highest BCUT2D eigenvalue weighted by atomic mass is 32.1. The van der Waals surface area contributed by atoms with Gasteiger partial charge >= 0.3 is 0 Å². The average molecular weight is 529 g/mol. The molecule has 1 amide bonds. The first-order valence-electron chi connectivity index (χ1n) is 12.1. The van der Waals surface area contributed by atoms with Crippen LogP contribution in [0.3, 0.4) is 0 Å². The van der Waals surface area contributed by atoms with Gasteiger partial charge in [0.05, 0.1) is 22.9 Å². The number of oxime groups is 1. The molecule has 2 aliphatic rings. The minimum Gasteiger partial charge on any atom is -0.488 e. The molecule has 0 radical (unpaired) electrons. The molecular formula is C26H26F2N4O4S. The summed E-state index contributed by atoms with van der Waals surface area (Å²) in [5.41, 5.74) is 1.11. The smallest absolute Gasteiger partial charge is 0.260 e. The molecule has 1 fully saturated rings. The molecule has 3 aromatic rings. The minimum atomic E-state index is -0.812. The summed E-state index contributed by atoms with van der Waals surface area (Å²) >= 11 is 1.52. The quantitative estimate of drug-likeness (QED) is 0.415. The highest BCUT2D eigenvalue weighted by Gasteiger charge is 2.31. The fourth-order valence-corrected chi connectivity index (χ4v) is 5.46. The molecule has 194 valence electrons. The summed E-state index contributed by atoms with van der Waals surface area (Å²) in [7, 11) is 0. The topological polar surface area (TPSA) is 86.1 Å². The molecule has 8 nitrogen and oxygen atoms in total. The molecule has 0 bridgehead atoms. The monoisotopic (exact) mass is 528 g/mol. The van der Waals surface area contributed by atoms with Crippen LogP contribution in [0.15, 0.2) is 47.1 Å². The lowest BCUT2D eigenvalue weighted by molar-refractivity contribution is -0.134. The lowest BCUT2D eigenvalue weighted by atomic mass is 9.97. The number of pyridine rings is 1. The molecule has 0 aliphatic carbocycles. The van der Waals surface area contributed by atoms with Crippen molar-refractivity contribution in [1.29, 1.82) is 0 Å². The van der Waals surface area contributed by atoms with Crippen LogP contribution in [-0.2, 0) is 9.63 Å². The van der Waals surface area contributed by atoms with Crippen molar-refractivity contribution in [2.75, 3.05) is 26.3 Å². The summed E-state index contributed by atoms with van der Waals surface area (Å²) in [5, 5.41) is 6.90. The first kappa shape index (κ1) is 25.1. The van der Waals surface area contributed by atoms with Gasteiger partial charge in [-0.25, -0.2) is 18.7 Å². The van der Waals surface area contributed by atoms with E-state index >= 15 is 0 Å². The first-order chi connectivity index (χ1) is 18.0. The lowest BCUT2D eigenvalue weighted by Gasteiger charge is -2.31. The van der Waals surface area contributed by atoms with Gasteiger partial charge in [-0.1, -0.05) is 11.2 Å². The van der Waals surface area contributed by atoms with E-state index in [2.05, 4.69) is 10.1 Å². The fraction of sp³-hybridized carbons (Fsp3) is 0.385. The third-order valence-corrected chi connectivity index (χ3v) is 7.38. The van der Waals surface area contributed by atoms with Crippen LogP contribution < -0.4 is 9.47 Å². The van der Waals surface area contributed by atoms with Gasteiger partial charge in [-0.2, -0.15) is 0 Å². The van der Waals surface area contributed by atoms with Crippen molar-refractivity contribution in [1.82, 2.24) is 14.9 Å². The summed E-state index contributed by atoms with van der Waals surface area (Å²) in [6, 6.07) is 7.25. The van der Waals surface area contributed by atoms with Gasteiger partial charge in [0, 0.05) is 37.0 Å². The Balaban J connectivity index is 1.13. The van der Waals surface area contributed by atoms with Gasteiger partial charge in [-0.05, 0) is 44.0 Å². The normalized spacial score (nSPS) is 17.9. The maximum Gasteiger partial charge on any atom is 0.260 e. The number of amides is 1. The van der Waals surface area contributed by atoms with E-state index in [0.717, 1.165) is 17.8 Å². The summed E-state index contributed by atoms with van der Waals surface area (Å²) in [5.74, 6) is -0.369. The Kier molecular flexibility index (Phi) is 7.59.